The summed E-state index contributed by atoms with van der Waals surface area (Å²) >= 11 is 3.09. The van der Waals surface area contributed by atoms with E-state index >= 15 is 0 Å². The van der Waals surface area contributed by atoms with Gasteiger partial charge in [0.25, 0.3) is 0 Å². The highest BCUT2D eigenvalue weighted by molar-refractivity contribution is 8.00. The van der Waals surface area contributed by atoms with Gasteiger partial charge in [0.15, 0.2) is 9.50 Å². The molecule has 90 valence electrons. The molecule has 0 saturated heterocycles. The predicted octanol–water partition coefficient (Wildman–Crippen LogP) is 2.58. The van der Waals surface area contributed by atoms with Crippen molar-refractivity contribution < 1.29 is 0 Å². The molecule has 4 nitrogen and oxygen atoms in total. The molecule has 0 radical (unpaired) electrons. The van der Waals surface area contributed by atoms with Gasteiger partial charge in [-0.1, -0.05) is 6.92 Å². The number of nitrogens with zero attached hydrogens (tertiary/aromatic N) is 3. The van der Waals surface area contributed by atoms with E-state index in [9.17, 15) is 0 Å². The Kier molecular flexibility index (Phi) is 4.90. The monoisotopic (exact) mass is 266 g/mol. The minimum absolute atomic E-state index is 0.749. The number of hydrogen-bond acceptors (Lipinski definition) is 6. The Balaban J connectivity index is 1.89. The zero-order valence-electron chi connectivity index (χ0n) is 9.59. The van der Waals surface area contributed by atoms with E-state index in [2.05, 4.69) is 27.2 Å². The van der Waals surface area contributed by atoms with E-state index in [0.717, 1.165) is 34.6 Å². The lowest BCUT2D eigenvalue weighted by Gasteiger charge is -2.02. The molecule has 0 saturated carbocycles. The van der Waals surface area contributed by atoms with Gasteiger partial charge < -0.3 is 5.32 Å². The summed E-state index contributed by atoms with van der Waals surface area (Å²) in [6.45, 7) is 4.00. The van der Waals surface area contributed by atoms with Gasteiger partial charge in [-0.25, -0.2) is 15.0 Å². The van der Waals surface area contributed by atoms with E-state index in [4.69, 9.17) is 0 Å². The van der Waals surface area contributed by atoms with Crippen LogP contribution in [0.1, 0.15) is 18.9 Å². The molecular weight excluding hydrogens is 252 g/mol. The summed E-state index contributed by atoms with van der Waals surface area (Å²) in [7, 11) is 0. The molecule has 0 aliphatic carbocycles. The molecule has 0 spiro atoms. The largest absolute Gasteiger partial charge is 0.313 e. The Morgan fingerprint density at radius 3 is 2.76 bits per heavy atom. The van der Waals surface area contributed by atoms with Crippen LogP contribution in [-0.2, 0) is 6.54 Å². The van der Waals surface area contributed by atoms with Gasteiger partial charge in [-0.2, -0.15) is 0 Å². The number of hydrogen-bond donors (Lipinski definition) is 1. The molecule has 2 aromatic rings. The van der Waals surface area contributed by atoms with Crippen LogP contribution < -0.4 is 5.32 Å². The third kappa shape index (κ3) is 4.07. The molecule has 2 aromatic heterocycles. The lowest BCUT2D eigenvalue weighted by Crippen LogP contribution is -2.14. The van der Waals surface area contributed by atoms with Crippen molar-refractivity contribution in [2.24, 2.45) is 0 Å². The number of nitrogens with one attached hydrogen (secondary N) is 1. The maximum absolute atomic E-state index is 4.31. The van der Waals surface area contributed by atoms with E-state index in [1.807, 2.05) is 17.8 Å². The Hall–Kier alpha value is -0.980. The van der Waals surface area contributed by atoms with Crippen molar-refractivity contribution >= 4 is 23.1 Å². The van der Waals surface area contributed by atoms with E-state index in [-0.39, 0.29) is 0 Å². The van der Waals surface area contributed by atoms with Crippen molar-refractivity contribution in [1.82, 2.24) is 20.3 Å². The normalized spacial score (nSPS) is 10.6. The van der Waals surface area contributed by atoms with Crippen molar-refractivity contribution in [3.8, 4) is 0 Å². The van der Waals surface area contributed by atoms with E-state index in [0.29, 0.717) is 0 Å². The smallest absolute Gasteiger partial charge is 0.194 e. The van der Waals surface area contributed by atoms with Gasteiger partial charge in [0, 0.05) is 36.1 Å². The van der Waals surface area contributed by atoms with E-state index in [1.165, 1.54) is 11.8 Å². The van der Waals surface area contributed by atoms with Gasteiger partial charge in [0.05, 0.1) is 0 Å². The second kappa shape index (κ2) is 6.68. The first kappa shape index (κ1) is 12.5. The highest BCUT2D eigenvalue weighted by Gasteiger charge is 2.02. The molecule has 0 atom stereocenters. The third-order valence-corrected chi connectivity index (χ3v) is 3.80. The molecule has 0 aromatic carbocycles. The summed E-state index contributed by atoms with van der Waals surface area (Å²) in [5, 5.41) is 6.02. The highest BCUT2D eigenvalue weighted by Crippen LogP contribution is 2.25. The summed E-state index contributed by atoms with van der Waals surface area (Å²) < 4.78 is 0.974. The minimum atomic E-state index is 0.749. The van der Waals surface area contributed by atoms with Gasteiger partial charge in [-0.05, 0) is 24.7 Å². The maximum atomic E-state index is 4.31. The van der Waals surface area contributed by atoms with Gasteiger partial charge in [-0.15, -0.1) is 11.3 Å². The topological polar surface area (TPSA) is 50.7 Å². The lowest BCUT2D eigenvalue weighted by molar-refractivity contribution is 0.669. The molecule has 0 bridgehead atoms. The highest BCUT2D eigenvalue weighted by atomic mass is 32.2. The van der Waals surface area contributed by atoms with Crippen LogP contribution in [-0.4, -0.2) is 21.5 Å². The SMILES string of the molecule is CCCNCc1cnc(Sc2nccs2)nc1. The van der Waals surface area contributed by atoms with Crippen LogP contribution >= 0.6 is 23.1 Å². The van der Waals surface area contributed by atoms with Crippen molar-refractivity contribution in [3.63, 3.8) is 0 Å². The molecular formula is C11H14N4S2. The lowest BCUT2D eigenvalue weighted by atomic mass is 10.3. The Labute approximate surface area is 109 Å². The summed E-state index contributed by atoms with van der Waals surface area (Å²) in [4.78, 5) is 12.8. The second-order valence-corrected chi connectivity index (χ2v) is 5.56. The molecule has 6 heteroatoms. The first-order valence-electron chi connectivity index (χ1n) is 5.47. The first-order valence-corrected chi connectivity index (χ1v) is 7.17. The quantitative estimate of drug-likeness (QED) is 0.643. The average Bonchev–Trinajstić information content (AvgIpc) is 2.85. The second-order valence-electron chi connectivity index (χ2n) is 3.45. The summed E-state index contributed by atoms with van der Waals surface area (Å²) in [6, 6.07) is 0. The molecule has 2 heterocycles. The summed E-state index contributed by atoms with van der Waals surface area (Å²) in [6.07, 6.45) is 6.66. The minimum Gasteiger partial charge on any atom is -0.313 e. The summed E-state index contributed by atoms with van der Waals surface area (Å²) in [5.74, 6) is 0. The van der Waals surface area contributed by atoms with Crippen molar-refractivity contribution in [3.05, 3.63) is 29.5 Å². The molecule has 0 amide bonds. The van der Waals surface area contributed by atoms with Crippen molar-refractivity contribution in [2.45, 2.75) is 29.4 Å². The molecule has 0 unspecified atom stereocenters. The zero-order chi connectivity index (χ0) is 11.9. The number of aromatic nitrogens is 3. The Morgan fingerprint density at radius 1 is 1.29 bits per heavy atom. The van der Waals surface area contributed by atoms with E-state index < -0.39 is 0 Å². The predicted molar refractivity (Wildman–Crippen MR) is 70.3 cm³/mol. The Bertz CT molecular complexity index is 427. The molecule has 2 rings (SSSR count). The van der Waals surface area contributed by atoms with Crippen LogP contribution in [0.2, 0.25) is 0 Å². The third-order valence-electron chi connectivity index (χ3n) is 2.03. The molecule has 17 heavy (non-hydrogen) atoms. The molecule has 1 N–H and O–H groups in total. The van der Waals surface area contributed by atoms with Crippen molar-refractivity contribution in [1.29, 1.82) is 0 Å². The fraction of sp³-hybridized carbons (Fsp3) is 0.364. The molecule has 0 aliphatic rings. The molecule has 0 fully saturated rings. The van der Waals surface area contributed by atoms with Crippen LogP contribution in [0.25, 0.3) is 0 Å². The van der Waals surface area contributed by atoms with Crippen LogP contribution in [0.3, 0.4) is 0 Å². The van der Waals surface area contributed by atoms with Gasteiger partial charge in [0.2, 0.25) is 0 Å². The maximum Gasteiger partial charge on any atom is 0.194 e. The van der Waals surface area contributed by atoms with Crippen LogP contribution in [0.5, 0.6) is 0 Å². The van der Waals surface area contributed by atoms with Crippen LogP contribution in [0.4, 0.5) is 0 Å². The Morgan fingerprint density at radius 2 is 2.12 bits per heavy atom. The standard InChI is InChI=1S/C11H14N4S2/c1-2-3-12-6-9-7-14-10(15-8-9)17-11-13-4-5-16-11/h4-5,7-8,12H,2-3,6H2,1H3. The van der Waals surface area contributed by atoms with Gasteiger partial charge >= 0.3 is 0 Å². The van der Waals surface area contributed by atoms with Crippen molar-refractivity contribution in [2.75, 3.05) is 6.54 Å². The van der Waals surface area contributed by atoms with Gasteiger partial charge in [-0.3, -0.25) is 0 Å². The van der Waals surface area contributed by atoms with Gasteiger partial charge in [0.1, 0.15) is 0 Å². The summed E-state index contributed by atoms with van der Waals surface area (Å²) in [5.41, 5.74) is 1.11. The van der Waals surface area contributed by atoms with Crippen LogP contribution in [0.15, 0.2) is 33.5 Å². The number of thiazole rings is 1. The zero-order valence-corrected chi connectivity index (χ0v) is 11.2. The average molecular weight is 266 g/mol. The molecule has 0 aliphatic heterocycles. The first-order chi connectivity index (χ1) is 8.38. The van der Waals surface area contributed by atoms with E-state index in [1.54, 1.807) is 17.5 Å². The van der Waals surface area contributed by atoms with Crippen LogP contribution in [0, 0.1) is 0 Å². The number of rotatable bonds is 6. The fourth-order valence-corrected chi connectivity index (χ4v) is 2.66. The fourth-order valence-electron chi connectivity index (χ4n) is 1.24.